The lowest BCUT2D eigenvalue weighted by atomic mass is 9.95. The first-order chi connectivity index (χ1) is 9.85. The average molecular weight is 270 g/mol. The van der Waals surface area contributed by atoms with E-state index in [4.69, 9.17) is 15.3 Å². The van der Waals surface area contributed by atoms with Gasteiger partial charge in [0.2, 0.25) is 0 Å². The standard InChI is InChI=1S/C16H18N2O2/c1-19-14-8-3-2-6-12(14)15(18-17)13-7-4-5-11-9-10-20-16(11)13/h2-8,15,18H,9-10,17H2,1H3. The van der Waals surface area contributed by atoms with E-state index in [0.717, 1.165) is 35.7 Å². The van der Waals surface area contributed by atoms with Crippen molar-refractivity contribution in [3.8, 4) is 11.5 Å². The summed E-state index contributed by atoms with van der Waals surface area (Å²) in [5.74, 6) is 7.55. The molecule has 0 amide bonds. The van der Waals surface area contributed by atoms with Crippen LogP contribution in [0.25, 0.3) is 0 Å². The molecule has 1 aliphatic heterocycles. The van der Waals surface area contributed by atoms with Crippen LogP contribution in [-0.2, 0) is 6.42 Å². The van der Waals surface area contributed by atoms with Crippen molar-refractivity contribution in [3.63, 3.8) is 0 Å². The Kier molecular flexibility index (Phi) is 3.58. The van der Waals surface area contributed by atoms with Crippen LogP contribution in [0.3, 0.4) is 0 Å². The quantitative estimate of drug-likeness (QED) is 0.660. The molecule has 3 N–H and O–H groups in total. The van der Waals surface area contributed by atoms with Crippen LogP contribution >= 0.6 is 0 Å². The van der Waals surface area contributed by atoms with E-state index in [9.17, 15) is 0 Å². The molecule has 4 nitrogen and oxygen atoms in total. The minimum absolute atomic E-state index is 0.154. The second-order valence-electron chi connectivity index (χ2n) is 4.78. The van der Waals surface area contributed by atoms with Gasteiger partial charge in [-0.2, -0.15) is 0 Å². The van der Waals surface area contributed by atoms with Gasteiger partial charge in [-0.1, -0.05) is 36.4 Å². The van der Waals surface area contributed by atoms with E-state index in [2.05, 4.69) is 11.5 Å². The fourth-order valence-electron chi connectivity index (χ4n) is 2.72. The van der Waals surface area contributed by atoms with Gasteiger partial charge in [0.15, 0.2) is 0 Å². The lowest BCUT2D eigenvalue weighted by Crippen LogP contribution is -2.29. The lowest BCUT2D eigenvalue weighted by Gasteiger charge is -2.21. The largest absolute Gasteiger partial charge is 0.496 e. The number of nitrogens with two attached hydrogens (primary N) is 1. The van der Waals surface area contributed by atoms with Gasteiger partial charge < -0.3 is 9.47 Å². The molecule has 104 valence electrons. The number of rotatable bonds is 4. The van der Waals surface area contributed by atoms with Gasteiger partial charge in [0.05, 0.1) is 19.8 Å². The second kappa shape index (κ2) is 5.53. The normalized spacial score (nSPS) is 14.5. The number of fused-ring (bicyclic) bond motifs is 1. The number of ether oxygens (including phenoxy) is 2. The monoisotopic (exact) mass is 270 g/mol. The molecule has 0 aromatic heterocycles. The minimum atomic E-state index is -0.154. The zero-order valence-electron chi connectivity index (χ0n) is 11.4. The summed E-state index contributed by atoms with van der Waals surface area (Å²) >= 11 is 0. The molecule has 1 aliphatic rings. The third kappa shape index (κ3) is 2.13. The maximum absolute atomic E-state index is 5.79. The van der Waals surface area contributed by atoms with Crippen LogP contribution < -0.4 is 20.7 Å². The topological polar surface area (TPSA) is 56.5 Å². The van der Waals surface area contributed by atoms with Crippen LogP contribution in [0.1, 0.15) is 22.7 Å². The summed E-state index contributed by atoms with van der Waals surface area (Å²) in [6.07, 6.45) is 0.951. The van der Waals surface area contributed by atoms with Crippen LogP contribution in [0.5, 0.6) is 11.5 Å². The fraction of sp³-hybridized carbons (Fsp3) is 0.250. The van der Waals surface area contributed by atoms with Gasteiger partial charge in [0.1, 0.15) is 11.5 Å². The van der Waals surface area contributed by atoms with Gasteiger partial charge in [0, 0.05) is 17.5 Å². The van der Waals surface area contributed by atoms with E-state index < -0.39 is 0 Å². The molecule has 3 rings (SSSR count). The molecule has 20 heavy (non-hydrogen) atoms. The predicted octanol–water partition coefficient (Wildman–Crippen LogP) is 2.18. The summed E-state index contributed by atoms with van der Waals surface area (Å²) in [5, 5.41) is 0. The number of hydrogen-bond donors (Lipinski definition) is 2. The first-order valence-corrected chi connectivity index (χ1v) is 6.68. The maximum atomic E-state index is 5.79. The van der Waals surface area contributed by atoms with E-state index in [1.807, 2.05) is 36.4 Å². The summed E-state index contributed by atoms with van der Waals surface area (Å²) in [7, 11) is 1.67. The van der Waals surface area contributed by atoms with Crippen molar-refractivity contribution in [2.45, 2.75) is 12.5 Å². The number of benzene rings is 2. The molecule has 1 atom stereocenters. The highest BCUT2D eigenvalue weighted by Crippen LogP contribution is 2.38. The Morgan fingerprint density at radius 1 is 1.15 bits per heavy atom. The van der Waals surface area contributed by atoms with Crippen molar-refractivity contribution in [2.24, 2.45) is 5.84 Å². The molecule has 0 fully saturated rings. The second-order valence-corrected chi connectivity index (χ2v) is 4.78. The van der Waals surface area contributed by atoms with Crippen molar-refractivity contribution in [1.29, 1.82) is 0 Å². The van der Waals surface area contributed by atoms with Gasteiger partial charge in [-0.15, -0.1) is 0 Å². The Morgan fingerprint density at radius 3 is 2.75 bits per heavy atom. The van der Waals surface area contributed by atoms with Gasteiger partial charge in [0.25, 0.3) is 0 Å². The van der Waals surface area contributed by atoms with Gasteiger partial charge in [-0.3, -0.25) is 5.84 Å². The van der Waals surface area contributed by atoms with Crippen LogP contribution in [0.4, 0.5) is 0 Å². The third-order valence-electron chi connectivity index (χ3n) is 3.67. The Balaban J connectivity index is 2.09. The number of hydrazine groups is 1. The Bertz CT molecular complexity index is 613. The first-order valence-electron chi connectivity index (χ1n) is 6.68. The number of methoxy groups -OCH3 is 1. The van der Waals surface area contributed by atoms with E-state index in [0.29, 0.717) is 0 Å². The number of hydrogen-bond acceptors (Lipinski definition) is 4. The van der Waals surface area contributed by atoms with Crippen LogP contribution in [0.15, 0.2) is 42.5 Å². The molecule has 2 aromatic carbocycles. The van der Waals surface area contributed by atoms with Crippen LogP contribution in [0.2, 0.25) is 0 Å². The van der Waals surface area contributed by atoms with E-state index >= 15 is 0 Å². The molecule has 0 saturated heterocycles. The SMILES string of the molecule is COc1ccccc1C(NN)c1cccc2c1OCC2. The highest BCUT2D eigenvalue weighted by molar-refractivity contribution is 5.51. The molecule has 1 unspecified atom stereocenters. The third-order valence-corrected chi connectivity index (χ3v) is 3.67. The highest BCUT2D eigenvalue weighted by Gasteiger charge is 2.24. The molecule has 0 spiro atoms. The summed E-state index contributed by atoms with van der Waals surface area (Å²) in [4.78, 5) is 0. The Morgan fingerprint density at radius 2 is 1.95 bits per heavy atom. The Hall–Kier alpha value is -2.04. The van der Waals surface area contributed by atoms with Crippen molar-refractivity contribution in [2.75, 3.05) is 13.7 Å². The molecule has 2 aromatic rings. The molecule has 0 radical (unpaired) electrons. The zero-order chi connectivity index (χ0) is 13.9. The molecule has 0 bridgehead atoms. The maximum Gasteiger partial charge on any atom is 0.127 e. The van der Waals surface area contributed by atoms with Gasteiger partial charge in [-0.25, -0.2) is 5.43 Å². The molecular formula is C16H18N2O2. The van der Waals surface area contributed by atoms with E-state index in [1.165, 1.54) is 5.56 Å². The summed E-state index contributed by atoms with van der Waals surface area (Å²) in [6, 6.07) is 13.9. The van der Waals surface area contributed by atoms with Gasteiger partial charge in [-0.05, 0) is 11.6 Å². The van der Waals surface area contributed by atoms with Crippen LogP contribution in [0, 0.1) is 0 Å². The van der Waals surface area contributed by atoms with Crippen molar-refractivity contribution >= 4 is 0 Å². The summed E-state index contributed by atoms with van der Waals surface area (Å²) < 4.78 is 11.2. The predicted molar refractivity (Wildman–Crippen MR) is 77.8 cm³/mol. The summed E-state index contributed by atoms with van der Waals surface area (Å²) in [6.45, 7) is 0.732. The molecular weight excluding hydrogens is 252 g/mol. The average Bonchev–Trinajstić information content (AvgIpc) is 2.98. The number of nitrogens with one attached hydrogen (secondary N) is 1. The molecule has 4 heteroatoms. The van der Waals surface area contributed by atoms with E-state index in [1.54, 1.807) is 7.11 Å². The van der Waals surface area contributed by atoms with Crippen LogP contribution in [-0.4, -0.2) is 13.7 Å². The van der Waals surface area contributed by atoms with Crippen molar-refractivity contribution in [1.82, 2.24) is 5.43 Å². The molecule has 0 saturated carbocycles. The van der Waals surface area contributed by atoms with Crippen molar-refractivity contribution in [3.05, 3.63) is 59.2 Å². The number of para-hydroxylation sites is 2. The Labute approximate surface area is 118 Å². The van der Waals surface area contributed by atoms with Crippen molar-refractivity contribution < 1.29 is 9.47 Å². The van der Waals surface area contributed by atoms with E-state index in [-0.39, 0.29) is 6.04 Å². The van der Waals surface area contributed by atoms with Gasteiger partial charge >= 0.3 is 0 Å². The fourth-order valence-corrected chi connectivity index (χ4v) is 2.72. The zero-order valence-corrected chi connectivity index (χ0v) is 11.4. The molecule has 0 aliphatic carbocycles. The lowest BCUT2D eigenvalue weighted by molar-refractivity contribution is 0.349. The molecule has 1 heterocycles. The first kappa shape index (κ1) is 13.0. The summed E-state index contributed by atoms with van der Waals surface area (Å²) in [5.41, 5.74) is 6.16. The minimum Gasteiger partial charge on any atom is -0.496 e. The highest BCUT2D eigenvalue weighted by atomic mass is 16.5. The smallest absolute Gasteiger partial charge is 0.127 e.